The average Bonchev–Trinajstić information content (AvgIpc) is 2.39. The Kier molecular flexibility index (Phi) is 4.70. The first-order chi connectivity index (χ1) is 9.16. The topological polar surface area (TPSA) is 61.8 Å². The van der Waals surface area contributed by atoms with Crippen molar-refractivity contribution in [2.75, 3.05) is 32.8 Å². The van der Waals surface area contributed by atoms with Gasteiger partial charge in [0.1, 0.15) is 0 Å². The first kappa shape index (κ1) is 13.8. The Morgan fingerprint density at radius 3 is 2.84 bits per heavy atom. The third kappa shape index (κ3) is 3.90. The molecule has 0 atom stereocenters. The predicted octanol–water partition coefficient (Wildman–Crippen LogP) is 0.694. The summed E-state index contributed by atoms with van der Waals surface area (Å²) in [4.78, 5) is 12.7. The fourth-order valence-corrected chi connectivity index (χ4v) is 2.08. The highest BCUT2D eigenvalue weighted by Crippen LogP contribution is 2.24. The van der Waals surface area contributed by atoms with Crippen LogP contribution in [0.15, 0.2) is 18.2 Å². The van der Waals surface area contributed by atoms with Crippen LogP contribution in [0.3, 0.4) is 0 Å². The van der Waals surface area contributed by atoms with Gasteiger partial charge in [-0.1, -0.05) is 12.1 Å². The van der Waals surface area contributed by atoms with Crippen molar-refractivity contribution in [2.24, 2.45) is 0 Å². The monoisotopic (exact) mass is 268 g/mol. The van der Waals surface area contributed by atoms with Crippen LogP contribution >= 0.6 is 0 Å². The number of carbonyl (C=O) groups is 1. The molecule has 0 saturated carbocycles. The van der Waals surface area contributed by atoms with Gasteiger partial charge in [0.05, 0.1) is 0 Å². The highest BCUT2D eigenvalue weighted by molar-refractivity contribution is 5.68. The summed E-state index contributed by atoms with van der Waals surface area (Å²) >= 11 is 0. The number of nitrogens with zero attached hydrogens (tertiary/aromatic N) is 1. The number of hydrogen-bond donors (Lipinski definition) is 2. The molecule has 104 valence electrons. The standard InChI is InChI=1S/C13H17FN2O3/c14-11-3-1-2-10(13(11)19-9-12(17)18)8-16-6-4-15-5-7-16/h1-3,15H,4-9H2,(H,17,18). The van der Waals surface area contributed by atoms with Crippen molar-refractivity contribution >= 4 is 5.97 Å². The number of piperazine rings is 1. The highest BCUT2D eigenvalue weighted by Gasteiger charge is 2.16. The lowest BCUT2D eigenvalue weighted by Crippen LogP contribution is -2.42. The predicted molar refractivity (Wildman–Crippen MR) is 67.7 cm³/mol. The second-order valence-corrected chi connectivity index (χ2v) is 4.44. The molecule has 0 amide bonds. The number of benzene rings is 1. The van der Waals surface area contributed by atoms with Crippen molar-refractivity contribution in [1.29, 1.82) is 0 Å². The van der Waals surface area contributed by atoms with Gasteiger partial charge in [0.25, 0.3) is 0 Å². The molecule has 1 saturated heterocycles. The van der Waals surface area contributed by atoms with Crippen molar-refractivity contribution in [1.82, 2.24) is 10.2 Å². The highest BCUT2D eigenvalue weighted by atomic mass is 19.1. The minimum Gasteiger partial charge on any atom is -0.479 e. The van der Waals surface area contributed by atoms with Crippen molar-refractivity contribution in [3.8, 4) is 5.75 Å². The van der Waals surface area contributed by atoms with Gasteiger partial charge in [-0.25, -0.2) is 9.18 Å². The quantitative estimate of drug-likeness (QED) is 0.823. The minimum atomic E-state index is -1.11. The lowest BCUT2D eigenvalue weighted by atomic mass is 10.1. The van der Waals surface area contributed by atoms with E-state index in [1.807, 2.05) is 0 Å². The zero-order chi connectivity index (χ0) is 13.7. The largest absolute Gasteiger partial charge is 0.479 e. The molecule has 1 aromatic carbocycles. The Bertz CT molecular complexity index is 448. The van der Waals surface area contributed by atoms with Crippen LogP contribution in [-0.2, 0) is 11.3 Å². The van der Waals surface area contributed by atoms with Gasteiger partial charge in [0.15, 0.2) is 18.2 Å². The normalized spacial score (nSPS) is 16.3. The summed E-state index contributed by atoms with van der Waals surface area (Å²) in [6, 6.07) is 4.65. The second kappa shape index (κ2) is 6.49. The Hall–Kier alpha value is -1.66. The van der Waals surface area contributed by atoms with Crippen LogP contribution in [-0.4, -0.2) is 48.8 Å². The van der Waals surface area contributed by atoms with Crippen LogP contribution in [0.25, 0.3) is 0 Å². The molecule has 0 aromatic heterocycles. The molecule has 0 aliphatic carbocycles. The molecule has 1 aliphatic rings. The van der Waals surface area contributed by atoms with Gasteiger partial charge in [-0.15, -0.1) is 0 Å². The minimum absolute atomic E-state index is 0.0448. The molecule has 19 heavy (non-hydrogen) atoms. The van der Waals surface area contributed by atoms with Gasteiger partial charge < -0.3 is 15.2 Å². The Morgan fingerprint density at radius 2 is 2.16 bits per heavy atom. The van der Waals surface area contributed by atoms with Gasteiger partial charge in [-0.3, -0.25) is 4.90 Å². The van der Waals surface area contributed by atoms with Crippen LogP contribution in [0.2, 0.25) is 0 Å². The molecular formula is C13H17FN2O3. The van der Waals surface area contributed by atoms with Crippen LogP contribution in [0.1, 0.15) is 5.56 Å². The lowest BCUT2D eigenvalue weighted by molar-refractivity contribution is -0.139. The van der Waals surface area contributed by atoms with Crippen LogP contribution in [0.4, 0.5) is 4.39 Å². The van der Waals surface area contributed by atoms with Gasteiger partial charge in [0, 0.05) is 38.3 Å². The Balaban J connectivity index is 2.09. The zero-order valence-corrected chi connectivity index (χ0v) is 10.6. The molecule has 1 aromatic rings. The fourth-order valence-electron chi connectivity index (χ4n) is 2.08. The zero-order valence-electron chi connectivity index (χ0n) is 10.6. The molecule has 0 radical (unpaired) electrons. The van der Waals surface area contributed by atoms with Gasteiger partial charge in [0.2, 0.25) is 0 Å². The third-order valence-corrected chi connectivity index (χ3v) is 2.99. The summed E-state index contributed by atoms with van der Waals surface area (Å²) in [7, 11) is 0. The SMILES string of the molecule is O=C(O)COc1c(F)cccc1CN1CCNCC1. The summed E-state index contributed by atoms with van der Waals surface area (Å²) in [5.74, 6) is -1.59. The summed E-state index contributed by atoms with van der Waals surface area (Å²) < 4.78 is 18.8. The summed E-state index contributed by atoms with van der Waals surface area (Å²) in [6.07, 6.45) is 0. The van der Waals surface area contributed by atoms with Gasteiger partial charge >= 0.3 is 5.97 Å². The average molecular weight is 268 g/mol. The van der Waals surface area contributed by atoms with Crippen LogP contribution in [0, 0.1) is 5.82 Å². The van der Waals surface area contributed by atoms with Gasteiger partial charge in [-0.2, -0.15) is 0 Å². The summed E-state index contributed by atoms with van der Waals surface area (Å²) in [5, 5.41) is 11.9. The van der Waals surface area contributed by atoms with E-state index >= 15 is 0 Å². The van der Waals surface area contributed by atoms with Crippen LogP contribution < -0.4 is 10.1 Å². The number of carboxylic acids is 1. The maximum atomic E-state index is 13.7. The molecule has 1 heterocycles. The molecule has 2 rings (SSSR count). The van der Waals surface area contributed by atoms with E-state index < -0.39 is 18.4 Å². The fraction of sp³-hybridized carbons (Fsp3) is 0.462. The van der Waals surface area contributed by atoms with Crippen molar-refractivity contribution < 1.29 is 19.0 Å². The number of hydrogen-bond acceptors (Lipinski definition) is 4. The van der Waals surface area contributed by atoms with E-state index in [-0.39, 0.29) is 5.75 Å². The van der Waals surface area contributed by atoms with Crippen molar-refractivity contribution in [3.63, 3.8) is 0 Å². The number of aliphatic carboxylic acids is 1. The number of rotatable bonds is 5. The molecule has 2 N–H and O–H groups in total. The Labute approximate surface area is 111 Å². The molecule has 1 fully saturated rings. The van der Waals surface area contributed by atoms with E-state index in [1.54, 1.807) is 12.1 Å². The molecule has 5 nitrogen and oxygen atoms in total. The maximum Gasteiger partial charge on any atom is 0.341 e. The number of halogens is 1. The molecular weight excluding hydrogens is 251 g/mol. The smallest absolute Gasteiger partial charge is 0.341 e. The number of para-hydroxylation sites is 1. The first-order valence-electron chi connectivity index (χ1n) is 6.22. The molecule has 0 unspecified atom stereocenters. The third-order valence-electron chi connectivity index (χ3n) is 2.99. The molecule has 1 aliphatic heterocycles. The molecule has 0 spiro atoms. The van der Waals surface area contributed by atoms with Crippen molar-refractivity contribution in [2.45, 2.75) is 6.54 Å². The number of nitrogens with one attached hydrogen (secondary N) is 1. The summed E-state index contributed by atoms with van der Waals surface area (Å²) in [6.45, 7) is 3.61. The molecule has 6 heteroatoms. The second-order valence-electron chi connectivity index (χ2n) is 4.44. The van der Waals surface area contributed by atoms with E-state index in [1.165, 1.54) is 6.07 Å². The first-order valence-corrected chi connectivity index (χ1v) is 6.22. The molecule has 0 bridgehead atoms. The van der Waals surface area contributed by atoms with E-state index in [0.717, 1.165) is 26.2 Å². The van der Waals surface area contributed by atoms with E-state index in [0.29, 0.717) is 12.1 Å². The maximum absolute atomic E-state index is 13.7. The lowest BCUT2D eigenvalue weighted by Gasteiger charge is -2.27. The number of carboxylic acid groups (broad SMARTS) is 1. The van der Waals surface area contributed by atoms with E-state index in [2.05, 4.69) is 10.2 Å². The number of ether oxygens (including phenoxy) is 1. The van der Waals surface area contributed by atoms with E-state index in [9.17, 15) is 9.18 Å². The van der Waals surface area contributed by atoms with Gasteiger partial charge in [-0.05, 0) is 6.07 Å². The Morgan fingerprint density at radius 1 is 1.42 bits per heavy atom. The van der Waals surface area contributed by atoms with E-state index in [4.69, 9.17) is 9.84 Å². The van der Waals surface area contributed by atoms with Crippen LogP contribution in [0.5, 0.6) is 5.75 Å². The summed E-state index contributed by atoms with van der Waals surface area (Å²) in [5.41, 5.74) is 0.683. The van der Waals surface area contributed by atoms with Crippen molar-refractivity contribution in [3.05, 3.63) is 29.6 Å².